The van der Waals surface area contributed by atoms with Crippen LogP contribution in [0.3, 0.4) is 0 Å². The lowest BCUT2D eigenvalue weighted by Gasteiger charge is -2.17. The summed E-state index contributed by atoms with van der Waals surface area (Å²) >= 11 is 1.54. The number of thiazole rings is 1. The lowest BCUT2D eigenvalue weighted by Crippen LogP contribution is -2.10. The number of hydrogen-bond donors (Lipinski definition) is 1. The molecule has 2 heterocycles. The van der Waals surface area contributed by atoms with Gasteiger partial charge in [-0.15, -0.1) is 11.3 Å². The van der Waals surface area contributed by atoms with E-state index in [-0.39, 0.29) is 5.41 Å². The molecule has 2 aromatic rings. The summed E-state index contributed by atoms with van der Waals surface area (Å²) in [6.07, 6.45) is 1.78. The van der Waals surface area contributed by atoms with Gasteiger partial charge < -0.3 is 5.73 Å². The highest BCUT2D eigenvalue weighted by Gasteiger charge is 2.23. The van der Waals surface area contributed by atoms with E-state index in [2.05, 4.69) is 30.7 Å². The van der Waals surface area contributed by atoms with Crippen molar-refractivity contribution in [3.8, 4) is 11.4 Å². The molecule has 0 aliphatic carbocycles. The van der Waals surface area contributed by atoms with Gasteiger partial charge >= 0.3 is 0 Å². The topological polar surface area (TPSA) is 51.8 Å². The van der Waals surface area contributed by atoms with Crippen LogP contribution >= 0.6 is 11.3 Å². The van der Waals surface area contributed by atoms with Gasteiger partial charge in [-0.25, -0.2) is 4.98 Å². The SMILES string of the molecule is CC(C)(C)c1sc(N)nc1-c1ccccn1. The summed E-state index contributed by atoms with van der Waals surface area (Å²) in [6, 6.07) is 5.82. The summed E-state index contributed by atoms with van der Waals surface area (Å²) in [7, 11) is 0. The summed E-state index contributed by atoms with van der Waals surface area (Å²) in [4.78, 5) is 9.89. The first-order valence-corrected chi connectivity index (χ1v) is 5.98. The number of nitrogens with two attached hydrogens (primary N) is 1. The molecule has 0 bridgehead atoms. The molecule has 0 atom stereocenters. The first-order chi connectivity index (χ1) is 7.48. The largest absolute Gasteiger partial charge is 0.375 e. The summed E-state index contributed by atoms with van der Waals surface area (Å²) in [5.41, 5.74) is 7.64. The fourth-order valence-electron chi connectivity index (χ4n) is 1.52. The molecule has 0 spiro atoms. The molecule has 2 N–H and O–H groups in total. The molecule has 16 heavy (non-hydrogen) atoms. The highest BCUT2D eigenvalue weighted by Crippen LogP contribution is 2.37. The smallest absolute Gasteiger partial charge is 0.180 e. The van der Waals surface area contributed by atoms with Crippen molar-refractivity contribution >= 4 is 16.5 Å². The Morgan fingerprint density at radius 3 is 2.56 bits per heavy atom. The van der Waals surface area contributed by atoms with Gasteiger partial charge in [0.05, 0.1) is 5.69 Å². The average Bonchev–Trinajstić information content (AvgIpc) is 2.61. The number of rotatable bonds is 1. The van der Waals surface area contributed by atoms with Crippen molar-refractivity contribution in [2.45, 2.75) is 26.2 Å². The Morgan fingerprint density at radius 2 is 2.00 bits per heavy atom. The summed E-state index contributed by atoms with van der Waals surface area (Å²) in [6.45, 7) is 6.48. The molecule has 2 rings (SSSR count). The fourth-order valence-corrected chi connectivity index (χ4v) is 2.42. The van der Waals surface area contributed by atoms with E-state index in [0.717, 1.165) is 11.4 Å². The third-order valence-electron chi connectivity index (χ3n) is 2.23. The zero-order valence-corrected chi connectivity index (χ0v) is 10.5. The van der Waals surface area contributed by atoms with Crippen LogP contribution < -0.4 is 5.73 Å². The Morgan fingerprint density at radius 1 is 1.25 bits per heavy atom. The number of nitrogen functional groups attached to an aromatic ring is 1. The molecule has 3 nitrogen and oxygen atoms in total. The second kappa shape index (κ2) is 3.87. The van der Waals surface area contributed by atoms with Crippen LogP contribution in [0.15, 0.2) is 24.4 Å². The van der Waals surface area contributed by atoms with Crippen LogP contribution in [0.1, 0.15) is 25.6 Å². The van der Waals surface area contributed by atoms with Gasteiger partial charge in [-0.1, -0.05) is 26.8 Å². The number of hydrogen-bond acceptors (Lipinski definition) is 4. The molecule has 0 radical (unpaired) electrons. The second-order valence-corrected chi connectivity index (χ2v) is 5.73. The van der Waals surface area contributed by atoms with E-state index in [0.29, 0.717) is 5.13 Å². The zero-order chi connectivity index (χ0) is 11.8. The van der Waals surface area contributed by atoms with E-state index >= 15 is 0 Å². The van der Waals surface area contributed by atoms with Crippen LogP contribution in [0.2, 0.25) is 0 Å². The molecule has 0 aliphatic heterocycles. The molecule has 0 saturated carbocycles. The quantitative estimate of drug-likeness (QED) is 0.823. The summed E-state index contributed by atoms with van der Waals surface area (Å²) < 4.78 is 0. The number of pyridine rings is 1. The third-order valence-corrected chi connectivity index (χ3v) is 3.54. The average molecular weight is 233 g/mol. The lowest BCUT2D eigenvalue weighted by molar-refractivity contribution is 0.604. The van der Waals surface area contributed by atoms with Gasteiger partial charge in [-0.3, -0.25) is 4.98 Å². The molecule has 4 heteroatoms. The predicted octanol–water partition coefficient (Wildman–Crippen LogP) is 3.08. The molecular formula is C12H15N3S. The molecule has 0 amide bonds. The van der Waals surface area contributed by atoms with Crippen molar-refractivity contribution in [3.63, 3.8) is 0 Å². The van der Waals surface area contributed by atoms with E-state index in [1.54, 1.807) is 17.5 Å². The van der Waals surface area contributed by atoms with E-state index in [9.17, 15) is 0 Å². The van der Waals surface area contributed by atoms with Crippen LogP contribution in [0.4, 0.5) is 5.13 Å². The van der Waals surface area contributed by atoms with Crippen molar-refractivity contribution in [3.05, 3.63) is 29.3 Å². The van der Waals surface area contributed by atoms with Gasteiger partial charge in [0.1, 0.15) is 5.69 Å². The standard InChI is InChI=1S/C12H15N3S/c1-12(2,3)10-9(15-11(13)16-10)8-6-4-5-7-14-8/h4-7H,1-3H3,(H2,13,15). The lowest BCUT2D eigenvalue weighted by atomic mass is 9.92. The minimum absolute atomic E-state index is 0.0438. The Bertz CT molecular complexity index is 483. The van der Waals surface area contributed by atoms with Crippen molar-refractivity contribution in [1.82, 2.24) is 9.97 Å². The number of aromatic nitrogens is 2. The summed E-state index contributed by atoms with van der Waals surface area (Å²) in [5, 5.41) is 0.602. The molecule has 0 aliphatic rings. The molecule has 0 fully saturated rings. The van der Waals surface area contributed by atoms with Crippen LogP contribution in [0, 0.1) is 0 Å². The number of nitrogens with zero attached hydrogens (tertiary/aromatic N) is 2. The minimum Gasteiger partial charge on any atom is -0.375 e. The van der Waals surface area contributed by atoms with E-state index in [1.165, 1.54) is 4.88 Å². The minimum atomic E-state index is 0.0438. The van der Waals surface area contributed by atoms with Crippen LogP contribution in [-0.2, 0) is 5.41 Å². The normalized spacial score (nSPS) is 11.7. The van der Waals surface area contributed by atoms with Gasteiger partial charge in [0.2, 0.25) is 0 Å². The van der Waals surface area contributed by atoms with Crippen molar-refractivity contribution in [1.29, 1.82) is 0 Å². The third kappa shape index (κ3) is 2.07. The Balaban J connectivity index is 2.58. The van der Waals surface area contributed by atoms with Gasteiger partial charge in [0.15, 0.2) is 5.13 Å². The predicted molar refractivity (Wildman–Crippen MR) is 68.5 cm³/mol. The van der Waals surface area contributed by atoms with Gasteiger partial charge in [0.25, 0.3) is 0 Å². The highest BCUT2D eigenvalue weighted by molar-refractivity contribution is 7.16. The van der Waals surface area contributed by atoms with E-state index < -0.39 is 0 Å². The summed E-state index contributed by atoms with van der Waals surface area (Å²) in [5.74, 6) is 0. The monoisotopic (exact) mass is 233 g/mol. The Labute approximate surface area is 99.4 Å². The van der Waals surface area contributed by atoms with E-state index in [4.69, 9.17) is 5.73 Å². The van der Waals surface area contributed by atoms with Crippen LogP contribution in [0.5, 0.6) is 0 Å². The maximum Gasteiger partial charge on any atom is 0.180 e. The first kappa shape index (κ1) is 11.1. The van der Waals surface area contributed by atoms with Crippen LogP contribution in [-0.4, -0.2) is 9.97 Å². The van der Waals surface area contributed by atoms with Crippen LogP contribution in [0.25, 0.3) is 11.4 Å². The Hall–Kier alpha value is -1.42. The van der Waals surface area contributed by atoms with Gasteiger partial charge in [-0.05, 0) is 17.5 Å². The molecule has 0 aromatic carbocycles. The molecular weight excluding hydrogens is 218 g/mol. The highest BCUT2D eigenvalue weighted by atomic mass is 32.1. The molecule has 0 saturated heterocycles. The van der Waals surface area contributed by atoms with Gasteiger partial charge in [-0.2, -0.15) is 0 Å². The maximum absolute atomic E-state index is 5.79. The maximum atomic E-state index is 5.79. The fraction of sp³-hybridized carbons (Fsp3) is 0.333. The molecule has 0 unspecified atom stereocenters. The van der Waals surface area contributed by atoms with E-state index in [1.807, 2.05) is 18.2 Å². The second-order valence-electron chi connectivity index (χ2n) is 4.69. The number of anilines is 1. The van der Waals surface area contributed by atoms with Crippen molar-refractivity contribution < 1.29 is 0 Å². The molecule has 2 aromatic heterocycles. The van der Waals surface area contributed by atoms with Gasteiger partial charge in [0, 0.05) is 11.1 Å². The van der Waals surface area contributed by atoms with Crippen molar-refractivity contribution in [2.75, 3.05) is 5.73 Å². The van der Waals surface area contributed by atoms with Crippen molar-refractivity contribution in [2.24, 2.45) is 0 Å². The Kier molecular flexibility index (Phi) is 2.68. The molecule has 84 valence electrons. The first-order valence-electron chi connectivity index (χ1n) is 5.16. The zero-order valence-electron chi connectivity index (χ0n) is 9.69.